The number of carbonyl (C=O) groups is 1. The van der Waals surface area contributed by atoms with Gasteiger partial charge in [0.1, 0.15) is 23.1 Å². The second-order valence-corrected chi connectivity index (χ2v) is 5.41. The van der Waals surface area contributed by atoms with E-state index in [1.807, 2.05) is 19.9 Å². The summed E-state index contributed by atoms with van der Waals surface area (Å²) < 4.78 is 11.8. The van der Waals surface area contributed by atoms with E-state index in [4.69, 9.17) is 9.47 Å². The summed E-state index contributed by atoms with van der Waals surface area (Å²) in [6.45, 7) is 4.76. The van der Waals surface area contributed by atoms with Crippen molar-refractivity contribution in [2.24, 2.45) is 0 Å². The molecule has 6 heteroatoms. The highest BCUT2D eigenvalue weighted by Gasteiger charge is 2.14. The fourth-order valence-electron chi connectivity index (χ4n) is 1.75. The van der Waals surface area contributed by atoms with E-state index in [0.717, 1.165) is 4.47 Å². The van der Waals surface area contributed by atoms with Gasteiger partial charge in [-0.25, -0.2) is 0 Å². The summed E-state index contributed by atoms with van der Waals surface area (Å²) in [5.74, 6) is 0.865. The molecule has 1 aromatic rings. The molecule has 0 bridgehead atoms. The average molecular weight is 367 g/mol. The predicted molar refractivity (Wildman–Crippen MR) is 88.8 cm³/mol. The van der Waals surface area contributed by atoms with Crippen molar-refractivity contribution in [3.63, 3.8) is 0 Å². The topological polar surface area (TPSA) is 62.6 Å². The Morgan fingerprint density at radius 2 is 1.86 bits per heavy atom. The van der Waals surface area contributed by atoms with E-state index in [2.05, 4.69) is 15.9 Å². The number of rotatable bonds is 6. The SMILES string of the molecule is CCOc1cc(OCC)c(/C=C(\C#N)C(=O)N(C)C)cc1Br. The largest absolute Gasteiger partial charge is 0.493 e. The van der Waals surface area contributed by atoms with E-state index in [1.165, 1.54) is 11.0 Å². The van der Waals surface area contributed by atoms with Gasteiger partial charge >= 0.3 is 0 Å². The van der Waals surface area contributed by atoms with E-state index in [9.17, 15) is 10.1 Å². The summed E-state index contributed by atoms with van der Waals surface area (Å²) in [4.78, 5) is 13.3. The van der Waals surface area contributed by atoms with Gasteiger partial charge in [0.15, 0.2) is 0 Å². The zero-order chi connectivity index (χ0) is 16.7. The number of ether oxygens (including phenoxy) is 2. The normalized spacial score (nSPS) is 10.8. The first-order chi connectivity index (χ1) is 10.4. The average Bonchev–Trinajstić information content (AvgIpc) is 2.48. The summed E-state index contributed by atoms with van der Waals surface area (Å²) in [7, 11) is 3.20. The Morgan fingerprint density at radius 1 is 1.27 bits per heavy atom. The zero-order valence-electron chi connectivity index (χ0n) is 13.1. The molecule has 0 radical (unpaired) electrons. The number of halogens is 1. The number of hydrogen-bond acceptors (Lipinski definition) is 4. The highest BCUT2D eigenvalue weighted by molar-refractivity contribution is 9.10. The first-order valence-corrected chi connectivity index (χ1v) is 7.66. The Kier molecular flexibility index (Phi) is 6.93. The van der Waals surface area contributed by atoms with Crippen molar-refractivity contribution in [2.75, 3.05) is 27.3 Å². The number of hydrogen-bond donors (Lipinski definition) is 0. The molecule has 1 rings (SSSR count). The summed E-state index contributed by atoms with van der Waals surface area (Å²) in [6, 6.07) is 5.45. The van der Waals surface area contributed by atoms with Gasteiger partial charge in [-0.15, -0.1) is 0 Å². The van der Waals surface area contributed by atoms with E-state index >= 15 is 0 Å². The van der Waals surface area contributed by atoms with Crippen LogP contribution in [0.2, 0.25) is 0 Å². The summed E-state index contributed by atoms with van der Waals surface area (Å²) in [5.41, 5.74) is 0.686. The Morgan fingerprint density at radius 3 is 2.36 bits per heavy atom. The van der Waals surface area contributed by atoms with Gasteiger partial charge < -0.3 is 14.4 Å². The molecular formula is C16H19BrN2O3. The van der Waals surface area contributed by atoms with Crippen molar-refractivity contribution in [1.29, 1.82) is 5.26 Å². The van der Waals surface area contributed by atoms with Crippen LogP contribution in [-0.2, 0) is 4.79 Å². The van der Waals surface area contributed by atoms with Crippen LogP contribution in [0.15, 0.2) is 22.2 Å². The molecule has 1 amide bonds. The molecule has 0 aliphatic heterocycles. The summed E-state index contributed by atoms with van der Waals surface area (Å²) in [5, 5.41) is 9.19. The molecule has 0 saturated heterocycles. The van der Waals surface area contributed by atoms with Crippen LogP contribution in [0.3, 0.4) is 0 Å². The highest BCUT2D eigenvalue weighted by Crippen LogP contribution is 2.34. The number of nitrogens with zero attached hydrogens (tertiary/aromatic N) is 2. The molecule has 0 spiro atoms. The number of benzene rings is 1. The van der Waals surface area contributed by atoms with Crippen LogP contribution in [0, 0.1) is 11.3 Å². The first kappa shape index (κ1) is 18.1. The maximum atomic E-state index is 12.0. The number of nitriles is 1. The van der Waals surface area contributed by atoms with E-state index in [0.29, 0.717) is 30.3 Å². The smallest absolute Gasteiger partial charge is 0.264 e. The van der Waals surface area contributed by atoms with Crippen LogP contribution < -0.4 is 9.47 Å². The highest BCUT2D eigenvalue weighted by atomic mass is 79.9. The Labute approximate surface area is 139 Å². The third-order valence-electron chi connectivity index (χ3n) is 2.72. The van der Waals surface area contributed by atoms with Gasteiger partial charge in [-0.05, 0) is 41.9 Å². The molecule has 0 N–H and O–H groups in total. The van der Waals surface area contributed by atoms with E-state index < -0.39 is 0 Å². The lowest BCUT2D eigenvalue weighted by Gasteiger charge is -2.13. The lowest BCUT2D eigenvalue weighted by Crippen LogP contribution is -2.22. The third kappa shape index (κ3) is 4.50. The molecule has 0 unspecified atom stereocenters. The van der Waals surface area contributed by atoms with Crippen LogP contribution in [0.25, 0.3) is 6.08 Å². The van der Waals surface area contributed by atoms with Crippen LogP contribution >= 0.6 is 15.9 Å². The first-order valence-electron chi connectivity index (χ1n) is 6.87. The molecule has 22 heavy (non-hydrogen) atoms. The molecule has 0 saturated carbocycles. The molecule has 0 aliphatic rings. The van der Waals surface area contributed by atoms with E-state index in [-0.39, 0.29) is 11.5 Å². The Bertz CT molecular complexity index is 619. The lowest BCUT2D eigenvalue weighted by atomic mass is 10.1. The third-order valence-corrected chi connectivity index (χ3v) is 3.34. The van der Waals surface area contributed by atoms with Crippen molar-refractivity contribution in [2.45, 2.75) is 13.8 Å². The predicted octanol–water partition coefficient (Wildman–Crippen LogP) is 3.24. The van der Waals surface area contributed by atoms with Gasteiger partial charge in [-0.1, -0.05) is 0 Å². The van der Waals surface area contributed by atoms with Crippen molar-refractivity contribution >= 4 is 27.9 Å². The Balaban J connectivity index is 3.36. The molecule has 1 aromatic carbocycles. The van der Waals surface area contributed by atoms with Crippen molar-refractivity contribution in [3.8, 4) is 17.6 Å². The summed E-state index contributed by atoms with van der Waals surface area (Å²) in [6.07, 6.45) is 1.52. The maximum Gasteiger partial charge on any atom is 0.264 e. The van der Waals surface area contributed by atoms with Crippen LogP contribution in [0.1, 0.15) is 19.4 Å². The molecule has 0 fully saturated rings. The van der Waals surface area contributed by atoms with Crippen molar-refractivity contribution in [1.82, 2.24) is 4.90 Å². The minimum absolute atomic E-state index is 0.0435. The van der Waals surface area contributed by atoms with E-state index in [1.54, 1.807) is 26.2 Å². The molecule has 0 atom stereocenters. The molecule has 118 valence electrons. The fourth-order valence-corrected chi connectivity index (χ4v) is 2.22. The maximum absolute atomic E-state index is 12.0. The zero-order valence-corrected chi connectivity index (χ0v) is 14.7. The lowest BCUT2D eigenvalue weighted by molar-refractivity contribution is -0.124. The van der Waals surface area contributed by atoms with Crippen molar-refractivity contribution < 1.29 is 14.3 Å². The minimum atomic E-state index is -0.352. The van der Waals surface area contributed by atoms with Gasteiger partial charge in [-0.2, -0.15) is 5.26 Å². The second kappa shape index (κ2) is 8.44. The quantitative estimate of drug-likeness (QED) is 0.572. The molecule has 0 aliphatic carbocycles. The molecular weight excluding hydrogens is 348 g/mol. The molecule has 0 aromatic heterocycles. The monoisotopic (exact) mass is 366 g/mol. The van der Waals surface area contributed by atoms with Crippen molar-refractivity contribution in [3.05, 3.63) is 27.7 Å². The van der Waals surface area contributed by atoms with Gasteiger partial charge in [0, 0.05) is 25.7 Å². The van der Waals surface area contributed by atoms with Gasteiger partial charge in [0.25, 0.3) is 5.91 Å². The molecule has 5 nitrogen and oxygen atoms in total. The summed E-state index contributed by atoms with van der Waals surface area (Å²) >= 11 is 3.42. The second-order valence-electron chi connectivity index (χ2n) is 4.56. The standard InChI is InChI=1S/C16H19BrN2O3/c1-5-21-14-9-15(22-6-2)13(17)8-11(14)7-12(10-18)16(20)19(3)4/h7-9H,5-6H2,1-4H3/b12-7+. The number of likely N-dealkylation sites (N-methyl/N-ethyl adjacent to an activating group) is 1. The number of amides is 1. The number of carbonyl (C=O) groups excluding carboxylic acids is 1. The van der Waals surface area contributed by atoms with Crippen LogP contribution in [-0.4, -0.2) is 38.1 Å². The van der Waals surface area contributed by atoms with Crippen LogP contribution in [0.5, 0.6) is 11.5 Å². The Hall–Kier alpha value is -2.00. The van der Waals surface area contributed by atoms with Gasteiger partial charge in [-0.3, -0.25) is 4.79 Å². The minimum Gasteiger partial charge on any atom is -0.493 e. The van der Waals surface area contributed by atoms with Crippen LogP contribution in [0.4, 0.5) is 0 Å². The fraction of sp³-hybridized carbons (Fsp3) is 0.375. The van der Waals surface area contributed by atoms with Gasteiger partial charge in [0.05, 0.1) is 17.7 Å². The molecule has 0 heterocycles. The van der Waals surface area contributed by atoms with Gasteiger partial charge in [0.2, 0.25) is 0 Å².